The first kappa shape index (κ1) is 14.9. The zero-order valence-corrected chi connectivity index (χ0v) is 12.9. The summed E-state index contributed by atoms with van der Waals surface area (Å²) in [5, 5.41) is 18.0. The highest BCUT2D eigenvalue weighted by Crippen LogP contribution is 2.31. The Morgan fingerprint density at radius 3 is 2.72 bits per heavy atom. The number of nitro groups is 1. The number of fused-ring (bicyclic) bond motifs is 1. The Kier molecular flexibility index (Phi) is 3.46. The molecule has 1 aromatic carbocycles. The van der Waals surface area contributed by atoms with Crippen molar-refractivity contribution >= 4 is 17.5 Å². The van der Waals surface area contributed by atoms with E-state index in [1.54, 1.807) is 35.3 Å². The maximum absolute atomic E-state index is 12.0. The molecule has 3 aromatic rings. The molecule has 9 nitrogen and oxygen atoms in total. The summed E-state index contributed by atoms with van der Waals surface area (Å²) in [6, 6.07) is 9.34. The van der Waals surface area contributed by atoms with Gasteiger partial charge in [-0.3, -0.25) is 25.2 Å². The van der Waals surface area contributed by atoms with Crippen molar-refractivity contribution in [3.8, 4) is 11.4 Å². The highest BCUT2D eigenvalue weighted by molar-refractivity contribution is 5.91. The Morgan fingerprint density at radius 2 is 2.04 bits per heavy atom. The van der Waals surface area contributed by atoms with Crippen molar-refractivity contribution < 1.29 is 9.72 Å². The van der Waals surface area contributed by atoms with Crippen LogP contribution in [0, 0.1) is 10.1 Å². The van der Waals surface area contributed by atoms with Crippen LogP contribution in [0.3, 0.4) is 0 Å². The minimum absolute atomic E-state index is 0.00104. The molecule has 1 aliphatic rings. The zero-order valence-electron chi connectivity index (χ0n) is 12.9. The van der Waals surface area contributed by atoms with Gasteiger partial charge in [0.05, 0.1) is 17.4 Å². The zero-order chi connectivity index (χ0) is 17.4. The number of hydrogen-bond donors (Lipinski definition) is 1. The van der Waals surface area contributed by atoms with Gasteiger partial charge in [-0.15, -0.1) is 5.10 Å². The van der Waals surface area contributed by atoms with Crippen LogP contribution >= 0.6 is 0 Å². The fourth-order valence-electron chi connectivity index (χ4n) is 2.76. The minimum Gasteiger partial charge on any atom is -0.295 e. The van der Waals surface area contributed by atoms with E-state index < -0.39 is 4.92 Å². The first-order valence-electron chi connectivity index (χ1n) is 7.53. The Labute approximate surface area is 141 Å². The summed E-state index contributed by atoms with van der Waals surface area (Å²) in [5.41, 5.74) is 1.49. The maximum Gasteiger partial charge on any atom is 0.269 e. The van der Waals surface area contributed by atoms with E-state index in [2.05, 4.69) is 20.4 Å². The first-order valence-corrected chi connectivity index (χ1v) is 7.53. The minimum atomic E-state index is -0.460. The van der Waals surface area contributed by atoms with Gasteiger partial charge in [0.2, 0.25) is 11.9 Å². The molecule has 0 fully saturated rings. The maximum atomic E-state index is 12.0. The van der Waals surface area contributed by atoms with Crippen LogP contribution in [-0.4, -0.2) is 30.6 Å². The fourth-order valence-corrected chi connectivity index (χ4v) is 2.76. The number of aromatic nitrogens is 4. The molecule has 3 heterocycles. The summed E-state index contributed by atoms with van der Waals surface area (Å²) in [6.07, 6.45) is 3.48. The van der Waals surface area contributed by atoms with Gasteiger partial charge in [-0.2, -0.15) is 4.98 Å². The Hall–Kier alpha value is -3.62. The summed E-state index contributed by atoms with van der Waals surface area (Å²) >= 11 is 0. The lowest BCUT2D eigenvalue weighted by molar-refractivity contribution is -0.384. The molecule has 2 aromatic heterocycles. The second-order valence-corrected chi connectivity index (χ2v) is 5.56. The number of benzene rings is 1. The van der Waals surface area contributed by atoms with Crippen LogP contribution in [0.5, 0.6) is 0 Å². The summed E-state index contributed by atoms with van der Waals surface area (Å²) in [5.74, 6) is 0.622. The molecular weight excluding hydrogens is 324 g/mol. The van der Waals surface area contributed by atoms with Crippen LogP contribution in [0.2, 0.25) is 0 Å². The second-order valence-electron chi connectivity index (χ2n) is 5.56. The normalized spacial score (nSPS) is 16.2. The van der Waals surface area contributed by atoms with E-state index in [4.69, 9.17) is 0 Å². The number of nitro benzene ring substituents is 1. The first-order chi connectivity index (χ1) is 12.1. The molecule has 9 heteroatoms. The van der Waals surface area contributed by atoms with Crippen LogP contribution in [0.4, 0.5) is 11.6 Å². The standard InChI is InChI=1S/C16H12N6O3/c23-14-8-13(10-3-5-12(6-4-10)22(24)25)21-16(18-14)19-15(20-21)11-2-1-7-17-9-11/h1-7,9,13H,8H2,(H,18,19,20,23). The Bertz CT molecular complexity index is 952. The number of non-ortho nitro benzene ring substituents is 1. The fraction of sp³-hybridized carbons (Fsp3) is 0.125. The quantitative estimate of drug-likeness (QED) is 0.579. The molecule has 1 atom stereocenters. The molecule has 124 valence electrons. The number of amides is 1. The Balaban J connectivity index is 1.75. The van der Waals surface area contributed by atoms with Crippen molar-refractivity contribution in [1.29, 1.82) is 0 Å². The number of pyridine rings is 1. The van der Waals surface area contributed by atoms with E-state index in [0.717, 1.165) is 11.1 Å². The molecule has 0 bridgehead atoms. The molecule has 1 aliphatic heterocycles. The smallest absolute Gasteiger partial charge is 0.269 e. The van der Waals surface area contributed by atoms with E-state index in [0.29, 0.717) is 11.8 Å². The topological polar surface area (TPSA) is 116 Å². The van der Waals surface area contributed by atoms with Crippen molar-refractivity contribution in [3.05, 3.63) is 64.5 Å². The molecule has 0 aliphatic carbocycles. The van der Waals surface area contributed by atoms with E-state index >= 15 is 0 Å². The largest absolute Gasteiger partial charge is 0.295 e. The number of nitrogens with zero attached hydrogens (tertiary/aromatic N) is 5. The predicted octanol–water partition coefficient (Wildman–Crippen LogP) is 2.18. The van der Waals surface area contributed by atoms with Crippen LogP contribution < -0.4 is 5.32 Å². The van der Waals surface area contributed by atoms with Gasteiger partial charge >= 0.3 is 0 Å². The lowest BCUT2D eigenvalue weighted by Gasteiger charge is -2.23. The van der Waals surface area contributed by atoms with Crippen LogP contribution in [-0.2, 0) is 4.79 Å². The van der Waals surface area contributed by atoms with E-state index in [1.807, 2.05) is 6.07 Å². The molecule has 25 heavy (non-hydrogen) atoms. The second kappa shape index (κ2) is 5.78. The lowest BCUT2D eigenvalue weighted by Crippen LogP contribution is -2.29. The number of anilines is 1. The third kappa shape index (κ3) is 2.71. The summed E-state index contributed by atoms with van der Waals surface area (Å²) in [4.78, 5) is 30.8. The molecule has 1 amide bonds. The van der Waals surface area contributed by atoms with Gasteiger partial charge < -0.3 is 0 Å². The van der Waals surface area contributed by atoms with E-state index in [1.165, 1.54) is 12.1 Å². The average molecular weight is 336 g/mol. The van der Waals surface area contributed by atoms with Crippen LogP contribution in [0.1, 0.15) is 18.0 Å². The molecule has 4 rings (SSSR count). The molecule has 1 N–H and O–H groups in total. The number of carbonyl (C=O) groups is 1. The van der Waals surface area contributed by atoms with Gasteiger partial charge in [0.25, 0.3) is 5.69 Å². The van der Waals surface area contributed by atoms with Gasteiger partial charge in [-0.25, -0.2) is 4.68 Å². The van der Waals surface area contributed by atoms with Crippen molar-refractivity contribution in [2.75, 3.05) is 5.32 Å². The van der Waals surface area contributed by atoms with Gasteiger partial charge in [-0.05, 0) is 17.7 Å². The molecule has 1 unspecified atom stereocenters. The number of carbonyl (C=O) groups excluding carboxylic acids is 1. The van der Waals surface area contributed by atoms with Crippen molar-refractivity contribution in [2.45, 2.75) is 12.5 Å². The van der Waals surface area contributed by atoms with E-state index in [-0.39, 0.29) is 24.1 Å². The summed E-state index contributed by atoms with van der Waals surface area (Å²) in [6.45, 7) is 0. The third-order valence-electron chi connectivity index (χ3n) is 3.96. The highest BCUT2D eigenvalue weighted by atomic mass is 16.6. The molecule has 0 saturated carbocycles. The average Bonchev–Trinajstić information content (AvgIpc) is 3.05. The summed E-state index contributed by atoms with van der Waals surface area (Å²) in [7, 11) is 0. The van der Waals surface area contributed by atoms with E-state index in [9.17, 15) is 14.9 Å². The molecular formula is C16H12N6O3. The number of nitrogens with one attached hydrogen (secondary N) is 1. The molecule has 0 radical (unpaired) electrons. The van der Waals surface area contributed by atoms with Gasteiger partial charge in [-0.1, -0.05) is 12.1 Å². The molecule has 0 saturated heterocycles. The highest BCUT2D eigenvalue weighted by Gasteiger charge is 2.29. The van der Waals surface area contributed by atoms with Crippen LogP contribution in [0.15, 0.2) is 48.8 Å². The predicted molar refractivity (Wildman–Crippen MR) is 87.7 cm³/mol. The van der Waals surface area contributed by atoms with Crippen molar-refractivity contribution in [3.63, 3.8) is 0 Å². The van der Waals surface area contributed by atoms with Gasteiger partial charge in [0.15, 0.2) is 5.82 Å². The monoisotopic (exact) mass is 336 g/mol. The van der Waals surface area contributed by atoms with Crippen molar-refractivity contribution in [1.82, 2.24) is 19.7 Å². The number of rotatable bonds is 3. The van der Waals surface area contributed by atoms with Gasteiger partial charge in [0.1, 0.15) is 0 Å². The third-order valence-corrected chi connectivity index (χ3v) is 3.96. The number of hydrogen-bond acceptors (Lipinski definition) is 6. The van der Waals surface area contributed by atoms with Crippen molar-refractivity contribution in [2.24, 2.45) is 0 Å². The summed E-state index contributed by atoms with van der Waals surface area (Å²) < 4.78 is 1.63. The SMILES string of the molecule is O=C1CC(c2ccc([N+](=O)[O-])cc2)n2nc(-c3cccnc3)nc2N1. The molecule has 0 spiro atoms. The lowest BCUT2D eigenvalue weighted by atomic mass is 10.0. The van der Waals surface area contributed by atoms with Crippen LogP contribution in [0.25, 0.3) is 11.4 Å². The Morgan fingerprint density at radius 1 is 1.24 bits per heavy atom. The van der Waals surface area contributed by atoms with Gasteiger partial charge in [0, 0.05) is 30.1 Å².